The Hall–Kier alpha value is -1.45. The van der Waals surface area contributed by atoms with Gasteiger partial charge in [0.1, 0.15) is 11.1 Å². The summed E-state index contributed by atoms with van der Waals surface area (Å²) < 4.78 is 0. The van der Waals surface area contributed by atoms with E-state index in [4.69, 9.17) is 23.2 Å². The van der Waals surface area contributed by atoms with Gasteiger partial charge in [-0.1, -0.05) is 23.7 Å². The normalized spacial score (nSPS) is 19.1. The highest BCUT2D eigenvalue weighted by Crippen LogP contribution is 2.28. The number of allylic oxidation sites excluding steroid dienone is 1. The Kier molecular flexibility index (Phi) is 2.38. The molecule has 2 aromatic rings. The van der Waals surface area contributed by atoms with Crippen LogP contribution in [0.5, 0.6) is 0 Å². The number of carbonyl (C=O) groups is 1. The summed E-state index contributed by atoms with van der Waals surface area (Å²) in [6.07, 6.45) is 1.59. The van der Waals surface area contributed by atoms with Crippen LogP contribution < -0.4 is 0 Å². The van der Waals surface area contributed by atoms with Gasteiger partial charge in [0, 0.05) is 5.03 Å². The average Bonchev–Trinajstić information content (AvgIpc) is 2.34. The van der Waals surface area contributed by atoms with Gasteiger partial charge in [-0.3, -0.25) is 4.79 Å². The van der Waals surface area contributed by atoms with E-state index >= 15 is 0 Å². The second-order valence-corrected chi connectivity index (χ2v) is 4.58. The third-order valence-corrected chi connectivity index (χ3v) is 3.45. The van der Waals surface area contributed by atoms with Crippen LogP contribution in [0, 0.1) is 0 Å². The summed E-state index contributed by atoms with van der Waals surface area (Å²) in [4.78, 5) is 20.5. The molecule has 1 aromatic heterocycles. The first kappa shape index (κ1) is 10.7. The number of rotatable bonds is 0. The van der Waals surface area contributed by atoms with E-state index in [0.717, 1.165) is 5.52 Å². The molecule has 0 spiro atoms. The van der Waals surface area contributed by atoms with E-state index in [-0.39, 0.29) is 16.5 Å². The zero-order valence-corrected chi connectivity index (χ0v) is 10.0. The van der Waals surface area contributed by atoms with Crippen molar-refractivity contribution >= 4 is 46.1 Å². The molecular weight excluding hydrogens is 259 g/mol. The highest BCUT2D eigenvalue weighted by Gasteiger charge is 2.29. The van der Waals surface area contributed by atoms with Crippen LogP contribution in [0.3, 0.4) is 0 Å². The molecule has 0 bridgehead atoms. The number of hydrogen-bond donors (Lipinski definition) is 0. The average molecular weight is 265 g/mol. The van der Waals surface area contributed by atoms with Gasteiger partial charge in [0.15, 0.2) is 0 Å². The van der Waals surface area contributed by atoms with Crippen molar-refractivity contribution < 1.29 is 4.79 Å². The van der Waals surface area contributed by atoms with E-state index in [2.05, 4.69) is 9.97 Å². The minimum absolute atomic E-state index is 0.285. The van der Waals surface area contributed by atoms with E-state index in [1.165, 1.54) is 0 Å². The van der Waals surface area contributed by atoms with Gasteiger partial charge in [-0.05, 0) is 18.2 Å². The van der Waals surface area contributed by atoms with Crippen LogP contribution in [-0.2, 0) is 0 Å². The third-order valence-electron chi connectivity index (χ3n) is 2.58. The molecule has 0 amide bonds. The molecule has 1 aromatic carbocycles. The lowest BCUT2D eigenvalue weighted by atomic mass is 10.0. The number of para-hydroxylation sites is 2. The molecule has 1 aliphatic carbocycles. The molecule has 0 radical (unpaired) electrons. The van der Waals surface area contributed by atoms with Gasteiger partial charge in [0.2, 0.25) is 5.78 Å². The van der Waals surface area contributed by atoms with E-state index in [9.17, 15) is 4.79 Å². The molecule has 84 valence electrons. The van der Waals surface area contributed by atoms with Crippen molar-refractivity contribution in [3.8, 4) is 0 Å². The van der Waals surface area contributed by atoms with Crippen LogP contribution in [-0.4, -0.2) is 21.1 Å². The van der Waals surface area contributed by atoms with Crippen molar-refractivity contribution in [2.45, 2.75) is 5.38 Å². The number of ketones is 1. The lowest BCUT2D eigenvalue weighted by Gasteiger charge is -2.15. The first-order chi connectivity index (χ1) is 8.16. The molecule has 17 heavy (non-hydrogen) atoms. The Labute approximate surface area is 107 Å². The molecule has 1 atom stereocenters. The molecule has 0 saturated carbocycles. The van der Waals surface area contributed by atoms with Crippen molar-refractivity contribution in [1.82, 2.24) is 9.97 Å². The number of Topliss-reactive ketones (excluding diaryl/α,β-unsaturated/α-hetero) is 1. The minimum atomic E-state index is -0.848. The SMILES string of the molecule is O=C1c2nc3ccccc3nc2C=C(Cl)C1Cl. The molecule has 1 heterocycles. The summed E-state index contributed by atoms with van der Waals surface area (Å²) in [6, 6.07) is 7.35. The van der Waals surface area contributed by atoms with Crippen LogP contribution in [0.25, 0.3) is 17.1 Å². The third kappa shape index (κ3) is 1.63. The number of hydrogen-bond acceptors (Lipinski definition) is 3. The summed E-state index contributed by atoms with van der Waals surface area (Å²) in [7, 11) is 0. The summed E-state index contributed by atoms with van der Waals surface area (Å²) in [5.41, 5.74) is 2.17. The number of alkyl halides is 1. The van der Waals surface area contributed by atoms with Crippen molar-refractivity contribution in [2.24, 2.45) is 0 Å². The van der Waals surface area contributed by atoms with Crippen molar-refractivity contribution in [3.05, 3.63) is 40.7 Å². The second-order valence-electron chi connectivity index (χ2n) is 3.70. The quantitative estimate of drug-likeness (QED) is 0.687. The molecule has 0 aliphatic heterocycles. The summed E-state index contributed by atoms with van der Waals surface area (Å²) in [6.45, 7) is 0. The molecular formula is C12H6Cl2N2O. The van der Waals surface area contributed by atoms with Crippen molar-refractivity contribution in [3.63, 3.8) is 0 Å². The van der Waals surface area contributed by atoms with E-state index in [1.54, 1.807) is 12.1 Å². The van der Waals surface area contributed by atoms with E-state index < -0.39 is 5.38 Å². The lowest BCUT2D eigenvalue weighted by molar-refractivity contribution is 0.0992. The molecule has 0 fully saturated rings. The highest BCUT2D eigenvalue weighted by atomic mass is 35.5. The molecule has 5 heteroatoms. The Morgan fingerprint density at radius 2 is 1.76 bits per heavy atom. The molecule has 1 unspecified atom stereocenters. The minimum Gasteiger partial charge on any atom is -0.290 e. The molecule has 3 nitrogen and oxygen atoms in total. The number of nitrogens with zero attached hydrogens (tertiary/aromatic N) is 2. The number of fused-ring (bicyclic) bond motifs is 2. The van der Waals surface area contributed by atoms with E-state index in [1.807, 2.05) is 18.2 Å². The maximum absolute atomic E-state index is 11.9. The van der Waals surface area contributed by atoms with Gasteiger partial charge in [-0.25, -0.2) is 9.97 Å². The van der Waals surface area contributed by atoms with Crippen LogP contribution in [0.4, 0.5) is 0 Å². The van der Waals surface area contributed by atoms with Crippen LogP contribution in [0.1, 0.15) is 16.2 Å². The predicted molar refractivity (Wildman–Crippen MR) is 67.3 cm³/mol. The highest BCUT2D eigenvalue weighted by molar-refractivity contribution is 6.47. The van der Waals surface area contributed by atoms with E-state index in [0.29, 0.717) is 11.2 Å². The smallest absolute Gasteiger partial charge is 0.206 e. The fourth-order valence-electron chi connectivity index (χ4n) is 1.74. The summed E-state index contributed by atoms with van der Waals surface area (Å²) in [5.74, 6) is -0.299. The maximum Gasteiger partial charge on any atom is 0.206 e. The Morgan fingerprint density at radius 1 is 1.12 bits per heavy atom. The Morgan fingerprint density at radius 3 is 2.47 bits per heavy atom. The van der Waals surface area contributed by atoms with Gasteiger partial charge in [-0.2, -0.15) is 0 Å². The van der Waals surface area contributed by atoms with Crippen molar-refractivity contribution in [2.75, 3.05) is 0 Å². The molecule has 0 N–H and O–H groups in total. The van der Waals surface area contributed by atoms with Gasteiger partial charge in [-0.15, -0.1) is 11.6 Å². The largest absolute Gasteiger partial charge is 0.290 e. The monoisotopic (exact) mass is 264 g/mol. The standard InChI is InChI=1S/C12H6Cl2N2O/c13-6-5-9-11(12(17)10(6)14)16-8-4-2-1-3-7(8)15-9/h1-5,10H. The molecule has 1 aliphatic rings. The molecule has 3 rings (SSSR count). The zero-order chi connectivity index (χ0) is 12.0. The van der Waals surface area contributed by atoms with Crippen LogP contribution in [0.2, 0.25) is 0 Å². The van der Waals surface area contributed by atoms with Crippen molar-refractivity contribution in [1.29, 1.82) is 0 Å². The first-order valence-electron chi connectivity index (χ1n) is 4.99. The van der Waals surface area contributed by atoms with Crippen LogP contribution in [0.15, 0.2) is 29.3 Å². The van der Waals surface area contributed by atoms with Gasteiger partial charge in [0.25, 0.3) is 0 Å². The summed E-state index contributed by atoms with van der Waals surface area (Å²) >= 11 is 11.8. The van der Waals surface area contributed by atoms with Gasteiger partial charge < -0.3 is 0 Å². The Balaban J connectivity index is 2.34. The fraction of sp³-hybridized carbons (Fsp3) is 0.0833. The predicted octanol–water partition coefficient (Wildman–Crippen LogP) is 3.01. The number of benzene rings is 1. The van der Waals surface area contributed by atoms with Crippen LogP contribution >= 0.6 is 23.2 Å². The number of halogens is 2. The lowest BCUT2D eigenvalue weighted by Crippen LogP contribution is -2.22. The molecule has 0 saturated heterocycles. The topological polar surface area (TPSA) is 42.9 Å². The Bertz CT molecular complexity index is 667. The van der Waals surface area contributed by atoms with Gasteiger partial charge >= 0.3 is 0 Å². The fourth-order valence-corrected chi connectivity index (χ4v) is 2.11. The number of carbonyl (C=O) groups excluding carboxylic acids is 1. The zero-order valence-electron chi connectivity index (χ0n) is 8.52. The maximum atomic E-state index is 11.9. The second kappa shape index (κ2) is 3.79. The van der Waals surface area contributed by atoms with Gasteiger partial charge in [0.05, 0.1) is 16.7 Å². The first-order valence-corrected chi connectivity index (χ1v) is 5.80. The number of aromatic nitrogens is 2. The summed E-state index contributed by atoms with van der Waals surface area (Å²) in [5, 5.41) is -0.562.